The van der Waals surface area contributed by atoms with Crippen LogP contribution < -0.4 is 4.90 Å². The number of nitrogens with zero attached hydrogens (tertiary/aromatic N) is 3. The summed E-state index contributed by atoms with van der Waals surface area (Å²) in [6, 6.07) is 9.75. The summed E-state index contributed by atoms with van der Waals surface area (Å²) in [5.41, 5.74) is 1.95. The van der Waals surface area contributed by atoms with Crippen LogP contribution in [0.25, 0.3) is 0 Å². The zero-order valence-electron chi connectivity index (χ0n) is 9.25. The van der Waals surface area contributed by atoms with Crippen LogP contribution in [0.3, 0.4) is 0 Å². The Bertz CT molecular complexity index is 499. The highest BCUT2D eigenvalue weighted by Crippen LogP contribution is 2.26. The molecule has 1 aromatic carbocycles. The number of aromatic nitrogens is 2. The van der Waals surface area contributed by atoms with Crippen LogP contribution in [0.4, 0.5) is 11.6 Å². The van der Waals surface area contributed by atoms with Gasteiger partial charge in [0.2, 0.25) is 5.95 Å². The molecule has 1 aromatic heterocycles. The van der Waals surface area contributed by atoms with E-state index < -0.39 is 0 Å². The predicted octanol–water partition coefficient (Wildman–Crippen LogP) is 2.84. The Balaban J connectivity index is 2.39. The molecule has 82 valence electrons. The number of anilines is 2. The van der Waals surface area contributed by atoms with Crippen molar-refractivity contribution in [2.75, 3.05) is 11.9 Å². The molecule has 0 aliphatic rings. The highest BCUT2D eigenvalue weighted by molar-refractivity contribution is 7.80. The molecule has 0 amide bonds. The molecule has 2 rings (SSSR count). The Hall–Kier alpha value is -1.55. The van der Waals surface area contributed by atoms with E-state index in [1.165, 1.54) is 0 Å². The summed E-state index contributed by atoms with van der Waals surface area (Å²) < 4.78 is 0. The van der Waals surface area contributed by atoms with Crippen molar-refractivity contribution in [3.63, 3.8) is 0 Å². The van der Waals surface area contributed by atoms with Crippen LogP contribution >= 0.6 is 12.6 Å². The third kappa shape index (κ3) is 2.17. The fourth-order valence-corrected chi connectivity index (χ4v) is 1.76. The summed E-state index contributed by atoms with van der Waals surface area (Å²) in [4.78, 5) is 11.4. The van der Waals surface area contributed by atoms with Crippen LogP contribution in [0.1, 0.15) is 5.69 Å². The van der Waals surface area contributed by atoms with Gasteiger partial charge in [-0.2, -0.15) is 0 Å². The molecule has 0 saturated carbocycles. The molecule has 0 fully saturated rings. The Kier molecular flexibility index (Phi) is 3.10. The molecule has 0 radical (unpaired) electrons. The smallest absolute Gasteiger partial charge is 0.229 e. The van der Waals surface area contributed by atoms with Gasteiger partial charge in [0.25, 0.3) is 0 Å². The van der Waals surface area contributed by atoms with E-state index in [0.717, 1.165) is 16.3 Å². The molecule has 0 atom stereocenters. The fourth-order valence-electron chi connectivity index (χ4n) is 1.45. The Morgan fingerprint density at radius 2 is 1.94 bits per heavy atom. The Morgan fingerprint density at radius 1 is 1.19 bits per heavy atom. The van der Waals surface area contributed by atoms with Crippen molar-refractivity contribution in [1.29, 1.82) is 0 Å². The van der Waals surface area contributed by atoms with E-state index in [4.69, 9.17) is 0 Å². The molecular formula is C12H13N3S. The van der Waals surface area contributed by atoms with Crippen LogP contribution in [0.15, 0.2) is 41.4 Å². The van der Waals surface area contributed by atoms with E-state index in [1.54, 1.807) is 6.20 Å². The van der Waals surface area contributed by atoms with E-state index in [1.807, 2.05) is 49.2 Å². The topological polar surface area (TPSA) is 29.0 Å². The SMILES string of the molecule is Cc1ccnc(N(C)c2ccccc2S)n1. The molecule has 0 spiro atoms. The van der Waals surface area contributed by atoms with E-state index in [-0.39, 0.29) is 0 Å². The Morgan fingerprint density at radius 3 is 2.62 bits per heavy atom. The minimum absolute atomic E-state index is 0.682. The largest absolute Gasteiger partial charge is 0.312 e. The number of hydrogen-bond acceptors (Lipinski definition) is 4. The third-order valence-electron chi connectivity index (χ3n) is 2.33. The summed E-state index contributed by atoms with van der Waals surface area (Å²) >= 11 is 4.42. The van der Waals surface area contributed by atoms with Crippen LogP contribution in [0.5, 0.6) is 0 Å². The number of rotatable bonds is 2. The van der Waals surface area contributed by atoms with Gasteiger partial charge in [-0.05, 0) is 25.1 Å². The maximum atomic E-state index is 4.42. The average Bonchev–Trinajstić information content (AvgIpc) is 2.29. The molecule has 0 N–H and O–H groups in total. The monoisotopic (exact) mass is 231 g/mol. The lowest BCUT2D eigenvalue weighted by Crippen LogP contribution is -2.13. The van der Waals surface area contributed by atoms with Crippen LogP contribution in [-0.4, -0.2) is 17.0 Å². The number of para-hydroxylation sites is 1. The second-order valence-corrected chi connectivity index (χ2v) is 4.03. The summed E-state index contributed by atoms with van der Waals surface area (Å²) in [6.45, 7) is 1.95. The van der Waals surface area contributed by atoms with Gasteiger partial charge < -0.3 is 4.90 Å². The number of aryl methyl sites for hydroxylation is 1. The van der Waals surface area contributed by atoms with Gasteiger partial charge >= 0.3 is 0 Å². The lowest BCUT2D eigenvalue weighted by atomic mass is 10.3. The number of thiol groups is 1. The summed E-state index contributed by atoms with van der Waals surface area (Å²) in [6.07, 6.45) is 1.76. The van der Waals surface area contributed by atoms with Gasteiger partial charge in [-0.15, -0.1) is 12.6 Å². The zero-order valence-corrected chi connectivity index (χ0v) is 10.1. The lowest BCUT2D eigenvalue weighted by molar-refractivity contribution is 1.00. The highest BCUT2D eigenvalue weighted by Gasteiger charge is 2.08. The van der Waals surface area contributed by atoms with Crippen molar-refractivity contribution in [2.24, 2.45) is 0 Å². The van der Waals surface area contributed by atoms with E-state index in [2.05, 4.69) is 22.6 Å². The van der Waals surface area contributed by atoms with Crippen LogP contribution in [0.2, 0.25) is 0 Å². The highest BCUT2D eigenvalue weighted by atomic mass is 32.1. The first-order valence-corrected chi connectivity index (χ1v) is 5.44. The van der Waals surface area contributed by atoms with Gasteiger partial charge in [-0.1, -0.05) is 12.1 Å². The fraction of sp³-hybridized carbons (Fsp3) is 0.167. The first-order chi connectivity index (χ1) is 7.68. The van der Waals surface area contributed by atoms with Crippen LogP contribution in [0, 0.1) is 6.92 Å². The normalized spacial score (nSPS) is 10.2. The van der Waals surface area contributed by atoms with Crippen molar-refractivity contribution >= 4 is 24.3 Å². The summed E-state index contributed by atoms with van der Waals surface area (Å²) in [5.74, 6) is 0.682. The van der Waals surface area contributed by atoms with Crippen LogP contribution in [-0.2, 0) is 0 Å². The maximum Gasteiger partial charge on any atom is 0.229 e. The van der Waals surface area contributed by atoms with Crippen molar-refractivity contribution in [3.05, 3.63) is 42.2 Å². The van der Waals surface area contributed by atoms with Crippen molar-refractivity contribution in [2.45, 2.75) is 11.8 Å². The minimum Gasteiger partial charge on any atom is -0.312 e. The van der Waals surface area contributed by atoms with Crippen molar-refractivity contribution in [1.82, 2.24) is 9.97 Å². The van der Waals surface area contributed by atoms with Gasteiger partial charge in [0.1, 0.15) is 0 Å². The van der Waals surface area contributed by atoms with E-state index in [9.17, 15) is 0 Å². The zero-order chi connectivity index (χ0) is 11.5. The number of hydrogen-bond donors (Lipinski definition) is 1. The second-order valence-electron chi connectivity index (χ2n) is 3.55. The number of benzene rings is 1. The van der Waals surface area contributed by atoms with Gasteiger partial charge in [-0.25, -0.2) is 9.97 Å². The standard InChI is InChI=1S/C12H13N3S/c1-9-7-8-13-12(14-9)15(2)10-5-3-4-6-11(10)16/h3-8,16H,1-2H3. The lowest BCUT2D eigenvalue weighted by Gasteiger charge is -2.18. The molecule has 1 heterocycles. The first kappa shape index (κ1) is 11.0. The molecule has 0 aliphatic carbocycles. The second kappa shape index (κ2) is 4.53. The third-order valence-corrected chi connectivity index (χ3v) is 2.70. The molecule has 0 unspecified atom stereocenters. The van der Waals surface area contributed by atoms with Gasteiger partial charge in [0.05, 0.1) is 5.69 Å². The van der Waals surface area contributed by atoms with Crippen molar-refractivity contribution in [3.8, 4) is 0 Å². The summed E-state index contributed by atoms with van der Waals surface area (Å²) in [7, 11) is 1.93. The molecule has 0 aliphatic heterocycles. The molecule has 16 heavy (non-hydrogen) atoms. The first-order valence-electron chi connectivity index (χ1n) is 5.00. The minimum atomic E-state index is 0.682. The maximum absolute atomic E-state index is 4.42. The van der Waals surface area contributed by atoms with E-state index in [0.29, 0.717) is 5.95 Å². The van der Waals surface area contributed by atoms with Gasteiger partial charge in [-0.3, -0.25) is 0 Å². The molecule has 4 heteroatoms. The van der Waals surface area contributed by atoms with E-state index >= 15 is 0 Å². The van der Waals surface area contributed by atoms with Gasteiger partial charge in [0, 0.05) is 23.8 Å². The molecular weight excluding hydrogens is 218 g/mol. The molecule has 0 saturated heterocycles. The average molecular weight is 231 g/mol. The summed E-state index contributed by atoms with van der Waals surface area (Å²) in [5, 5.41) is 0. The molecule has 2 aromatic rings. The molecule has 0 bridgehead atoms. The Labute approximate surface area is 101 Å². The molecule has 3 nitrogen and oxygen atoms in total. The predicted molar refractivity (Wildman–Crippen MR) is 68.5 cm³/mol. The quantitative estimate of drug-likeness (QED) is 0.806. The van der Waals surface area contributed by atoms with Gasteiger partial charge in [0.15, 0.2) is 0 Å². The van der Waals surface area contributed by atoms with Crippen molar-refractivity contribution < 1.29 is 0 Å².